The average molecular weight is 416 g/mol. The van der Waals surface area contributed by atoms with Crippen LogP contribution < -0.4 is 4.74 Å². The Labute approximate surface area is 171 Å². The molecule has 7 nitrogen and oxygen atoms in total. The van der Waals surface area contributed by atoms with Gasteiger partial charge in [0.2, 0.25) is 21.8 Å². The molecule has 154 valence electrons. The number of methoxy groups -OCH3 is 1. The molecular weight excluding hydrogens is 390 g/mol. The highest BCUT2D eigenvalue weighted by Gasteiger charge is 2.27. The fraction of sp³-hybridized carbons (Fsp3) is 0.333. The lowest BCUT2D eigenvalue weighted by atomic mass is 9.86. The standard InChI is InChI=1S/C21H25N3O4S/c1-21(2,3)17-13-16(11-12-18(17)27-5)29(25,26)24(4)14-19-22-23-20(28-19)15-9-7-6-8-10-15/h6-13H,14H2,1-5H3. The van der Waals surface area contributed by atoms with Gasteiger partial charge in [0.05, 0.1) is 18.6 Å². The molecule has 8 heteroatoms. The van der Waals surface area contributed by atoms with E-state index in [4.69, 9.17) is 9.15 Å². The lowest BCUT2D eigenvalue weighted by Crippen LogP contribution is -2.27. The van der Waals surface area contributed by atoms with Crippen LogP contribution in [0.3, 0.4) is 0 Å². The van der Waals surface area contributed by atoms with Gasteiger partial charge in [-0.1, -0.05) is 39.0 Å². The molecule has 0 saturated carbocycles. The van der Waals surface area contributed by atoms with Crippen molar-refractivity contribution in [2.24, 2.45) is 0 Å². The SMILES string of the molecule is COc1ccc(S(=O)(=O)N(C)Cc2nnc(-c3ccccc3)o2)cc1C(C)(C)C. The van der Waals surface area contributed by atoms with E-state index in [2.05, 4.69) is 10.2 Å². The van der Waals surface area contributed by atoms with Crippen molar-refractivity contribution in [1.29, 1.82) is 0 Å². The van der Waals surface area contributed by atoms with E-state index in [0.29, 0.717) is 11.6 Å². The second kappa shape index (κ2) is 7.96. The third kappa shape index (κ3) is 4.49. The van der Waals surface area contributed by atoms with Gasteiger partial charge in [-0.25, -0.2) is 8.42 Å². The van der Waals surface area contributed by atoms with Crippen molar-refractivity contribution in [2.45, 2.75) is 37.6 Å². The van der Waals surface area contributed by atoms with Gasteiger partial charge in [-0.3, -0.25) is 0 Å². The third-order valence-electron chi connectivity index (χ3n) is 4.53. The molecule has 0 aliphatic heterocycles. The molecule has 3 rings (SSSR count). The Bertz CT molecular complexity index is 1090. The minimum Gasteiger partial charge on any atom is -0.496 e. The van der Waals surface area contributed by atoms with Gasteiger partial charge in [-0.2, -0.15) is 4.31 Å². The van der Waals surface area contributed by atoms with Gasteiger partial charge < -0.3 is 9.15 Å². The van der Waals surface area contributed by atoms with Crippen LogP contribution in [-0.2, 0) is 22.0 Å². The van der Waals surface area contributed by atoms with Crippen molar-refractivity contribution < 1.29 is 17.6 Å². The number of hydrogen-bond donors (Lipinski definition) is 0. The molecule has 2 aromatic carbocycles. The van der Waals surface area contributed by atoms with Crippen molar-refractivity contribution in [3.63, 3.8) is 0 Å². The maximum atomic E-state index is 13.1. The number of hydrogen-bond acceptors (Lipinski definition) is 6. The number of benzene rings is 2. The first-order valence-electron chi connectivity index (χ1n) is 9.15. The van der Waals surface area contributed by atoms with Crippen LogP contribution in [0, 0.1) is 0 Å². The number of ether oxygens (including phenoxy) is 1. The van der Waals surface area contributed by atoms with E-state index in [1.54, 1.807) is 25.3 Å². The summed E-state index contributed by atoms with van der Waals surface area (Å²) in [6, 6.07) is 14.2. The first-order valence-corrected chi connectivity index (χ1v) is 10.6. The Morgan fingerprint density at radius 2 is 1.76 bits per heavy atom. The van der Waals surface area contributed by atoms with Gasteiger partial charge in [0.15, 0.2) is 0 Å². The zero-order chi connectivity index (χ0) is 21.2. The van der Waals surface area contributed by atoms with E-state index >= 15 is 0 Å². The first-order chi connectivity index (χ1) is 13.6. The maximum absolute atomic E-state index is 13.1. The summed E-state index contributed by atoms with van der Waals surface area (Å²) >= 11 is 0. The fourth-order valence-electron chi connectivity index (χ4n) is 2.90. The van der Waals surface area contributed by atoms with Crippen LogP contribution in [0.5, 0.6) is 5.75 Å². The molecule has 1 heterocycles. The van der Waals surface area contributed by atoms with Crippen LogP contribution in [-0.4, -0.2) is 37.1 Å². The summed E-state index contributed by atoms with van der Waals surface area (Å²) in [5.41, 5.74) is 1.33. The number of sulfonamides is 1. The fourth-order valence-corrected chi connectivity index (χ4v) is 4.05. The molecule has 29 heavy (non-hydrogen) atoms. The summed E-state index contributed by atoms with van der Waals surface area (Å²) in [4.78, 5) is 0.188. The van der Waals surface area contributed by atoms with Crippen molar-refractivity contribution in [1.82, 2.24) is 14.5 Å². The number of aromatic nitrogens is 2. The van der Waals surface area contributed by atoms with E-state index in [9.17, 15) is 8.42 Å². The quantitative estimate of drug-likeness (QED) is 0.608. The Balaban J connectivity index is 1.86. The lowest BCUT2D eigenvalue weighted by molar-refractivity contribution is 0.394. The van der Waals surface area contributed by atoms with E-state index < -0.39 is 10.0 Å². The highest BCUT2D eigenvalue weighted by molar-refractivity contribution is 7.89. The Kier molecular flexibility index (Phi) is 5.77. The van der Waals surface area contributed by atoms with Crippen molar-refractivity contribution in [3.8, 4) is 17.2 Å². The van der Waals surface area contributed by atoms with E-state index in [-0.39, 0.29) is 22.7 Å². The smallest absolute Gasteiger partial charge is 0.247 e. The Morgan fingerprint density at radius 1 is 1.07 bits per heavy atom. The van der Waals surface area contributed by atoms with Gasteiger partial charge in [0.25, 0.3) is 0 Å². The van der Waals surface area contributed by atoms with Crippen LogP contribution >= 0.6 is 0 Å². The molecule has 3 aromatic rings. The van der Waals surface area contributed by atoms with Crippen molar-refractivity contribution in [2.75, 3.05) is 14.2 Å². The second-order valence-corrected chi connectivity index (χ2v) is 9.79. The first kappa shape index (κ1) is 21.0. The molecule has 0 N–H and O–H groups in total. The van der Waals surface area contributed by atoms with Gasteiger partial charge in [0, 0.05) is 18.2 Å². The molecule has 0 unspecified atom stereocenters. The number of rotatable bonds is 6. The van der Waals surface area contributed by atoms with Crippen LogP contribution in [0.25, 0.3) is 11.5 Å². The second-order valence-electron chi connectivity index (χ2n) is 7.74. The summed E-state index contributed by atoms with van der Waals surface area (Å²) in [6.45, 7) is 6.00. The largest absolute Gasteiger partial charge is 0.496 e. The third-order valence-corrected chi connectivity index (χ3v) is 6.33. The minimum atomic E-state index is -3.75. The van der Waals surface area contributed by atoms with Gasteiger partial charge >= 0.3 is 0 Å². The summed E-state index contributed by atoms with van der Waals surface area (Å²) < 4.78 is 38.4. The molecule has 0 aliphatic rings. The zero-order valence-corrected chi connectivity index (χ0v) is 18.0. The van der Waals surface area contributed by atoms with E-state index in [1.807, 2.05) is 51.1 Å². The van der Waals surface area contributed by atoms with Crippen LogP contribution in [0.15, 0.2) is 57.8 Å². The topological polar surface area (TPSA) is 85.5 Å². The minimum absolute atomic E-state index is 0.0287. The Morgan fingerprint density at radius 3 is 2.38 bits per heavy atom. The molecular formula is C21H25N3O4S. The summed E-state index contributed by atoms with van der Waals surface area (Å²) in [6.07, 6.45) is 0. The molecule has 0 atom stereocenters. The van der Waals surface area contributed by atoms with E-state index in [1.165, 1.54) is 11.4 Å². The van der Waals surface area contributed by atoms with Gasteiger partial charge in [-0.15, -0.1) is 10.2 Å². The van der Waals surface area contributed by atoms with Crippen molar-refractivity contribution in [3.05, 3.63) is 60.0 Å². The van der Waals surface area contributed by atoms with Gasteiger partial charge in [-0.05, 0) is 35.7 Å². The molecule has 0 saturated heterocycles. The highest BCUT2D eigenvalue weighted by atomic mass is 32.2. The molecule has 0 bridgehead atoms. The summed E-state index contributed by atoms with van der Waals surface area (Å²) in [7, 11) is -0.687. The summed E-state index contributed by atoms with van der Waals surface area (Å²) in [5, 5.41) is 7.99. The average Bonchev–Trinajstić information content (AvgIpc) is 3.16. The monoisotopic (exact) mass is 415 g/mol. The maximum Gasteiger partial charge on any atom is 0.247 e. The number of nitrogens with zero attached hydrogens (tertiary/aromatic N) is 3. The lowest BCUT2D eigenvalue weighted by Gasteiger charge is -2.24. The zero-order valence-electron chi connectivity index (χ0n) is 17.2. The highest BCUT2D eigenvalue weighted by Crippen LogP contribution is 2.34. The molecule has 1 aromatic heterocycles. The molecule has 0 amide bonds. The Hall–Kier alpha value is -2.71. The van der Waals surface area contributed by atoms with Gasteiger partial charge in [0.1, 0.15) is 5.75 Å². The van der Waals surface area contributed by atoms with Crippen LogP contribution in [0.4, 0.5) is 0 Å². The normalized spacial score (nSPS) is 12.3. The summed E-state index contributed by atoms with van der Waals surface area (Å²) in [5.74, 6) is 1.23. The predicted octanol–water partition coefficient (Wildman–Crippen LogP) is 3.86. The predicted molar refractivity (Wildman–Crippen MR) is 110 cm³/mol. The van der Waals surface area contributed by atoms with Crippen LogP contribution in [0.1, 0.15) is 32.2 Å². The van der Waals surface area contributed by atoms with Crippen LogP contribution in [0.2, 0.25) is 0 Å². The molecule has 0 radical (unpaired) electrons. The molecule has 0 fully saturated rings. The van der Waals surface area contributed by atoms with E-state index in [0.717, 1.165) is 11.1 Å². The van der Waals surface area contributed by atoms with Crippen molar-refractivity contribution >= 4 is 10.0 Å². The molecule has 0 spiro atoms. The molecule has 0 aliphatic carbocycles.